The maximum Gasteiger partial charge on any atom is 0.339 e. The summed E-state index contributed by atoms with van der Waals surface area (Å²) in [5.74, 6) is -1.11. The van der Waals surface area contributed by atoms with E-state index in [0.29, 0.717) is 10.9 Å². The lowest BCUT2D eigenvalue weighted by Crippen LogP contribution is -2.17. The Morgan fingerprint density at radius 1 is 1.05 bits per heavy atom. The van der Waals surface area contributed by atoms with Gasteiger partial charge in [0.1, 0.15) is 5.56 Å². The zero-order valence-corrected chi connectivity index (χ0v) is 11.4. The Morgan fingerprint density at radius 3 is 2.50 bits per heavy atom. The van der Waals surface area contributed by atoms with Gasteiger partial charge in [-0.15, -0.1) is 0 Å². The highest BCUT2D eigenvalue weighted by molar-refractivity contribution is 5.99. The van der Waals surface area contributed by atoms with Crippen LogP contribution in [0.2, 0.25) is 0 Å². The lowest BCUT2D eigenvalue weighted by atomic mass is 10.1. The largest absolute Gasteiger partial charge is 0.478 e. The number of aromatic nitrogens is 2. The van der Waals surface area contributed by atoms with Crippen LogP contribution < -0.4 is 5.56 Å². The Bertz CT molecular complexity index is 1130. The van der Waals surface area contributed by atoms with Crippen molar-refractivity contribution in [1.29, 1.82) is 0 Å². The van der Waals surface area contributed by atoms with Crippen molar-refractivity contribution in [1.82, 2.24) is 9.38 Å². The molecule has 2 aromatic carbocycles. The summed E-state index contributed by atoms with van der Waals surface area (Å²) in [5.41, 5.74) is 0.392. The Kier molecular flexibility index (Phi) is 2.50. The van der Waals surface area contributed by atoms with E-state index in [2.05, 4.69) is 4.98 Å². The van der Waals surface area contributed by atoms with Crippen molar-refractivity contribution >= 4 is 33.3 Å². The second-order valence-corrected chi connectivity index (χ2v) is 5.05. The van der Waals surface area contributed by atoms with Crippen LogP contribution in [0, 0.1) is 0 Å². The van der Waals surface area contributed by atoms with E-state index >= 15 is 0 Å². The molecule has 0 saturated heterocycles. The van der Waals surface area contributed by atoms with Crippen molar-refractivity contribution < 1.29 is 9.90 Å². The molecule has 2 heterocycles. The van der Waals surface area contributed by atoms with Crippen molar-refractivity contribution in [3.63, 3.8) is 0 Å². The first kappa shape index (κ1) is 12.5. The van der Waals surface area contributed by atoms with Crippen LogP contribution in [-0.4, -0.2) is 20.5 Å². The molecule has 0 unspecified atom stereocenters. The summed E-state index contributed by atoms with van der Waals surface area (Å²) < 4.78 is 1.28. The monoisotopic (exact) mass is 290 g/mol. The molecule has 4 rings (SSSR count). The fourth-order valence-corrected chi connectivity index (χ4v) is 2.68. The van der Waals surface area contributed by atoms with Gasteiger partial charge in [-0.3, -0.25) is 9.20 Å². The van der Waals surface area contributed by atoms with Gasteiger partial charge < -0.3 is 5.11 Å². The molecule has 1 N–H and O–H groups in total. The second-order valence-electron chi connectivity index (χ2n) is 5.05. The predicted molar refractivity (Wildman–Crippen MR) is 83.4 cm³/mol. The Balaban J connectivity index is 2.25. The van der Waals surface area contributed by atoms with E-state index in [4.69, 9.17) is 0 Å². The summed E-state index contributed by atoms with van der Waals surface area (Å²) >= 11 is 0. The number of hydrogen-bond acceptors (Lipinski definition) is 3. The molecule has 5 nitrogen and oxygen atoms in total. The summed E-state index contributed by atoms with van der Waals surface area (Å²) in [7, 11) is 0. The van der Waals surface area contributed by atoms with Crippen LogP contribution >= 0.6 is 0 Å². The van der Waals surface area contributed by atoms with E-state index in [1.54, 1.807) is 6.07 Å². The fourth-order valence-electron chi connectivity index (χ4n) is 2.68. The van der Waals surface area contributed by atoms with E-state index in [-0.39, 0.29) is 16.8 Å². The van der Waals surface area contributed by atoms with Crippen LogP contribution in [0.25, 0.3) is 27.3 Å². The van der Waals surface area contributed by atoms with Gasteiger partial charge in [0.25, 0.3) is 5.56 Å². The number of aromatic carboxylic acids is 1. The third-order valence-electron chi connectivity index (χ3n) is 3.74. The number of pyridine rings is 1. The molecule has 0 amide bonds. The van der Waals surface area contributed by atoms with E-state index in [9.17, 15) is 14.7 Å². The summed E-state index contributed by atoms with van der Waals surface area (Å²) in [6.45, 7) is 0. The van der Waals surface area contributed by atoms with Crippen LogP contribution in [-0.2, 0) is 0 Å². The topological polar surface area (TPSA) is 71.7 Å². The molecule has 0 atom stereocenters. The fraction of sp³-hybridized carbons (Fsp3) is 0. The van der Waals surface area contributed by atoms with Gasteiger partial charge in [0.15, 0.2) is 5.65 Å². The molecule has 0 aliphatic carbocycles. The minimum absolute atomic E-state index is 0.00894. The molecular formula is C17H10N2O3. The highest BCUT2D eigenvalue weighted by Gasteiger charge is 2.13. The predicted octanol–water partition coefficient (Wildman–Crippen LogP) is 2.70. The van der Waals surface area contributed by atoms with E-state index in [1.807, 2.05) is 30.3 Å². The van der Waals surface area contributed by atoms with Gasteiger partial charge in [0.05, 0.1) is 10.9 Å². The van der Waals surface area contributed by atoms with Crippen molar-refractivity contribution in [2.45, 2.75) is 0 Å². The van der Waals surface area contributed by atoms with Crippen LogP contribution in [0.3, 0.4) is 0 Å². The zero-order valence-electron chi connectivity index (χ0n) is 11.4. The molecular weight excluding hydrogens is 280 g/mol. The molecule has 2 aromatic heterocycles. The summed E-state index contributed by atoms with van der Waals surface area (Å²) in [6, 6.07) is 14.2. The minimum Gasteiger partial charge on any atom is -0.478 e. The SMILES string of the molecule is O=C(O)c1cccn2c(=O)c3cc4ccccc4cc3nc12. The molecule has 0 radical (unpaired) electrons. The van der Waals surface area contributed by atoms with Crippen LogP contribution in [0.1, 0.15) is 10.4 Å². The lowest BCUT2D eigenvalue weighted by molar-refractivity contribution is 0.0698. The van der Waals surface area contributed by atoms with Crippen LogP contribution in [0.5, 0.6) is 0 Å². The smallest absolute Gasteiger partial charge is 0.339 e. The third kappa shape index (κ3) is 1.69. The van der Waals surface area contributed by atoms with Crippen LogP contribution in [0.4, 0.5) is 0 Å². The van der Waals surface area contributed by atoms with Gasteiger partial charge in [0, 0.05) is 6.20 Å². The van der Waals surface area contributed by atoms with E-state index in [0.717, 1.165) is 10.8 Å². The molecule has 0 spiro atoms. The van der Waals surface area contributed by atoms with Gasteiger partial charge in [-0.05, 0) is 35.0 Å². The molecule has 22 heavy (non-hydrogen) atoms. The van der Waals surface area contributed by atoms with E-state index in [1.165, 1.54) is 22.7 Å². The molecule has 0 aliphatic rings. The van der Waals surface area contributed by atoms with Crippen LogP contribution in [0.15, 0.2) is 59.5 Å². The first-order valence-corrected chi connectivity index (χ1v) is 6.72. The first-order chi connectivity index (χ1) is 10.6. The number of fused-ring (bicyclic) bond motifs is 3. The number of carboxylic acids is 1. The van der Waals surface area contributed by atoms with Gasteiger partial charge >= 0.3 is 5.97 Å². The van der Waals surface area contributed by atoms with Crippen molar-refractivity contribution in [2.24, 2.45) is 0 Å². The zero-order chi connectivity index (χ0) is 15.3. The number of hydrogen-bond donors (Lipinski definition) is 1. The molecule has 106 valence electrons. The Labute approximate surface area is 124 Å². The maximum absolute atomic E-state index is 12.6. The summed E-state index contributed by atoms with van der Waals surface area (Å²) in [5, 5.41) is 11.6. The molecule has 0 aliphatic heterocycles. The average Bonchev–Trinajstić information content (AvgIpc) is 2.53. The van der Waals surface area contributed by atoms with Crippen molar-refractivity contribution in [3.05, 3.63) is 70.6 Å². The number of benzene rings is 2. The Morgan fingerprint density at radius 2 is 1.77 bits per heavy atom. The van der Waals surface area contributed by atoms with Crippen molar-refractivity contribution in [2.75, 3.05) is 0 Å². The Hall–Kier alpha value is -3.21. The highest BCUT2D eigenvalue weighted by Crippen LogP contribution is 2.20. The van der Waals surface area contributed by atoms with Crippen molar-refractivity contribution in [3.8, 4) is 0 Å². The molecule has 5 heteroatoms. The minimum atomic E-state index is -1.11. The number of nitrogens with zero attached hydrogens (tertiary/aromatic N) is 2. The second kappa shape index (κ2) is 4.39. The first-order valence-electron chi connectivity index (χ1n) is 6.72. The molecule has 0 fully saturated rings. The number of carbonyl (C=O) groups is 1. The lowest BCUT2D eigenvalue weighted by Gasteiger charge is -2.07. The van der Waals surface area contributed by atoms with Gasteiger partial charge in [-0.2, -0.15) is 0 Å². The van der Waals surface area contributed by atoms with Gasteiger partial charge in [-0.1, -0.05) is 24.3 Å². The number of carboxylic acid groups (broad SMARTS) is 1. The molecule has 4 aromatic rings. The highest BCUT2D eigenvalue weighted by atomic mass is 16.4. The quantitative estimate of drug-likeness (QED) is 0.547. The maximum atomic E-state index is 12.6. The third-order valence-corrected chi connectivity index (χ3v) is 3.74. The summed E-state index contributed by atoms with van der Waals surface area (Å²) in [4.78, 5) is 28.3. The molecule has 0 saturated carbocycles. The van der Waals surface area contributed by atoms with Gasteiger partial charge in [0.2, 0.25) is 0 Å². The normalized spacial score (nSPS) is 11.3. The standard InChI is InChI=1S/C17H10N2O3/c20-16-13-8-10-4-1-2-5-11(10)9-14(13)18-15-12(17(21)22)6-3-7-19(15)16/h1-9H,(H,21,22). The summed E-state index contributed by atoms with van der Waals surface area (Å²) in [6.07, 6.45) is 1.53. The number of rotatable bonds is 1. The molecule has 0 bridgehead atoms. The average molecular weight is 290 g/mol. The van der Waals surface area contributed by atoms with E-state index < -0.39 is 5.97 Å². The van der Waals surface area contributed by atoms with Gasteiger partial charge in [-0.25, -0.2) is 9.78 Å².